The Bertz CT molecular complexity index is 877. The molecule has 0 aliphatic carbocycles. The van der Waals surface area contributed by atoms with E-state index in [1.165, 1.54) is 6.07 Å². The van der Waals surface area contributed by atoms with Crippen LogP contribution >= 0.6 is 0 Å². The number of carbonyl (C=O) groups excluding carboxylic acids is 1. The molecule has 0 saturated carbocycles. The van der Waals surface area contributed by atoms with Gasteiger partial charge < -0.3 is 10.1 Å². The average molecular weight is 376 g/mol. The number of benzene rings is 2. The molecule has 2 aromatic rings. The van der Waals surface area contributed by atoms with Crippen molar-refractivity contribution in [2.24, 2.45) is 0 Å². The van der Waals surface area contributed by atoms with Crippen LogP contribution in [0.5, 0.6) is 5.75 Å². The van der Waals surface area contributed by atoms with E-state index in [-0.39, 0.29) is 11.9 Å². The fraction of sp³-hybridized carbons (Fsp3) is 0.316. The minimum Gasteiger partial charge on any atom is -0.491 e. The third-order valence-corrected chi connectivity index (χ3v) is 4.28. The smallest absolute Gasteiger partial charge is 0.251 e. The summed E-state index contributed by atoms with van der Waals surface area (Å²) in [5, 5.41) is 2.85. The number of ether oxygens (including phenoxy) is 1. The normalized spacial score (nSPS) is 12.3. The van der Waals surface area contributed by atoms with Crippen LogP contribution in [0, 0.1) is 13.8 Å². The maximum absolute atomic E-state index is 12.4. The van der Waals surface area contributed by atoms with Gasteiger partial charge in [-0.3, -0.25) is 9.52 Å². The van der Waals surface area contributed by atoms with E-state index in [1.807, 2.05) is 38.1 Å². The second-order valence-electron chi connectivity index (χ2n) is 6.40. The monoisotopic (exact) mass is 376 g/mol. The zero-order chi connectivity index (χ0) is 19.3. The molecule has 2 rings (SSSR count). The van der Waals surface area contributed by atoms with Crippen molar-refractivity contribution in [2.75, 3.05) is 17.6 Å². The second kappa shape index (κ2) is 8.23. The highest BCUT2D eigenvalue weighted by atomic mass is 32.2. The average Bonchev–Trinajstić information content (AvgIpc) is 2.55. The molecule has 0 aliphatic heterocycles. The minimum absolute atomic E-state index is 0.212. The Morgan fingerprint density at radius 2 is 1.77 bits per heavy atom. The Kier molecular flexibility index (Phi) is 6.26. The summed E-state index contributed by atoms with van der Waals surface area (Å²) >= 11 is 0. The molecule has 2 aromatic carbocycles. The van der Waals surface area contributed by atoms with E-state index in [9.17, 15) is 13.2 Å². The predicted octanol–water partition coefficient (Wildman–Crippen LogP) is 2.87. The quantitative estimate of drug-likeness (QED) is 0.778. The zero-order valence-corrected chi connectivity index (χ0v) is 16.2. The van der Waals surface area contributed by atoms with Gasteiger partial charge in [0, 0.05) is 5.56 Å². The molecule has 0 heterocycles. The molecule has 0 aliphatic rings. The molecule has 0 saturated heterocycles. The molecule has 7 heteroatoms. The van der Waals surface area contributed by atoms with Gasteiger partial charge in [-0.2, -0.15) is 0 Å². The number of amides is 1. The van der Waals surface area contributed by atoms with E-state index in [2.05, 4.69) is 10.0 Å². The molecule has 1 unspecified atom stereocenters. The van der Waals surface area contributed by atoms with Gasteiger partial charge in [0.15, 0.2) is 0 Å². The minimum atomic E-state index is -3.41. The van der Waals surface area contributed by atoms with E-state index in [0.29, 0.717) is 17.9 Å². The first kappa shape index (κ1) is 19.8. The highest BCUT2D eigenvalue weighted by Gasteiger charge is 2.13. The van der Waals surface area contributed by atoms with Gasteiger partial charge >= 0.3 is 0 Å². The lowest BCUT2D eigenvalue weighted by molar-refractivity contribution is 0.0926. The van der Waals surface area contributed by atoms with Crippen molar-refractivity contribution in [1.82, 2.24) is 5.32 Å². The number of sulfonamides is 1. The van der Waals surface area contributed by atoms with Crippen LogP contribution < -0.4 is 14.8 Å². The summed E-state index contributed by atoms with van der Waals surface area (Å²) in [4.78, 5) is 12.4. The summed E-state index contributed by atoms with van der Waals surface area (Å²) in [5.41, 5.74) is 2.66. The molecule has 0 fully saturated rings. The standard InChI is InChI=1S/C19H24N2O4S/c1-13-5-9-17(10-6-13)25-12-15(3)20-19(22)16-8-7-14(2)18(11-16)21-26(4,23)24/h5-11,15,21H,12H2,1-4H3,(H,20,22). The van der Waals surface area contributed by atoms with Crippen molar-refractivity contribution in [3.8, 4) is 5.75 Å². The van der Waals surface area contributed by atoms with Gasteiger partial charge in [-0.05, 0) is 50.6 Å². The van der Waals surface area contributed by atoms with Crippen molar-refractivity contribution in [2.45, 2.75) is 26.8 Å². The van der Waals surface area contributed by atoms with Crippen LogP contribution in [0.15, 0.2) is 42.5 Å². The Labute approximate surface area is 154 Å². The van der Waals surface area contributed by atoms with Crippen molar-refractivity contribution in [3.63, 3.8) is 0 Å². The summed E-state index contributed by atoms with van der Waals surface area (Å²) in [6.07, 6.45) is 1.07. The molecule has 0 aromatic heterocycles. The predicted molar refractivity (Wildman–Crippen MR) is 103 cm³/mol. The number of aryl methyl sites for hydroxylation is 2. The van der Waals surface area contributed by atoms with Gasteiger partial charge in [0.25, 0.3) is 5.91 Å². The van der Waals surface area contributed by atoms with E-state index < -0.39 is 10.0 Å². The summed E-state index contributed by atoms with van der Waals surface area (Å²) in [7, 11) is -3.41. The van der Waals surface area contributed by atoms with Crippen LogP contribution in [-0.2, 0) is 10.0 Å². The molecule has 0 radical (unpaired) electrons. The molecule has 1 atom stereocenters. The highest BCUT2D eigenvalue weighted by molar-refractivity contribution is 7.92. The number of nitrogens with one attached hydrogen (secondary N) is 2. The Balaban J connectivity index is 1.98. The first-order valence-electron chi connectivity index (χ1n) is 8.23. The van der Waals surface area contributed by atoms with Crippen LogP contribution in [0.2, 0.25) is 0 Å². The van der Waals surface area contributed by atoms with Gasteiger partial charge in [-0.15, -0.1) is 0 Å². The third-order valence-electron chi connectivity index (χ3n) is 3.69. The van der Waals surface area contributed by atoms with Crippen molar-refractivity contribution in [3.05, 3.63) is 59.2 Å². The van der Waals surface area contributed by atoms with Crippen molar-refractivity contribution in [1.29, 1.82) is 0 Å². The summed E-state index contributed by atoms with van der Waals surface area (Å²) in [6.45, 7) is 5.94. The van der Waals surface area contributed by atoms with Gasteiger partial charge in [-0.1, -0.05) is 23.8 Å². The number of rotatable bonds is 7. The van der Waals surface area contributed by atoms with Gasteiger partial charge in [-0.25, -0.2) is 8.42 Å². The maximum atomic E-state index is 12.4. The number of carbonyl (C=O) groups is 1. The lowest BCUT2D eigenvalue weighted by Gasteiger charge is -2.16. The van der Waals surface area contributed by atoms with Crippen molar-refractivity contribution >= 4 is 21.6 Å². The lowest BCUT2D eigenvalue weighted by atomic mass is 10.1. The van der Waals surface area contributed by atoms with E-state index >= 15 is 0 Å². The fourth-order valence-electron chi connectivity index (χ4n) is 2.28. The lowest BCUT2D eigenvalue weighted by Crippen LogP contribution is -2.36. The van der Waals surface area contributed by atoms with Crippen LogP contribution in [0.25, 0.3) is 0 Å². The van der Waals surface area contributed by atoms with Crippen LogP contribution in [0.3, 0.4) is 0 Å². The first-order chi connectivity index (χ1) is 12.1. The molecule has 1 amide bonds. The largest absolute Gasteiger partial charge is 0.491 e. The molecule has 140 valence electrons. The molecule has 0 spiro atoms. The second-order valence-corrected chi connectivity index (χ2v) is 8.15. The topological polar surface area (TPSA) is 84.5 Å². The Morgan fingerprint density at radius 3 is 2.38 bits per heavy atom. The third kappa shape index (κ3) is 6.07. The Morgan fingerprint density at radius 1 is 1.12 bits per heavy atom. The number of hydrogen-bond donors (Lipinski definition) is 2. The molecule has 6 nitrogen and oxygen atoms in total. The van der Waals surface area contributed by atoms with Crippen LogP contribution in [-0.4, -0.2) is 33.2 Å². The summed E-state index contributed by atoms with van der Waals surface area (Å²) in [5.74, 6) is 0.452. The molecule has 2 N–H and O–H groups in total. The van der Waals surface area contributed by atoms with E-state index in [0.717, 1.165) is 23.1 Å². The van der Waals surface area contributed by atoms with Crippen LogP contribution in [0.4, 0.5) is 5.69 Å². The molecular formula is C19H24N2O4S. The zero-order valence-electron chi connectivity index (χ0n) is 15.4. The SMILES string of the molecule is Cc1ccc(OCC(C)NC(=O)c2ccc(C)c(NS(C)(=O)=O)c2)cc1. The van der Waals surface area contributed by atoms with E-state index in [4.69, 9.17) is 4.74 Å². The Hall–Kier alpha value is -2.54. The molecular weight excluding hydrogens is 352 g/mol. The number of anilines is 1. The van der Waals surface area contributed by atoms with Gasteiger partial charge in [0.2, 0.25) is 10.0 Å². The van der Waals surface area contributed by atoms with Gasteiger partial charge in [0.1, 0.15) is 12.4 Å². The highest BCUT2D eigenvalue weighted by Crippen LogP contribution is 2.18. The van der Waals surface area contributed by atoms with Crippen molar-refractivity contribution < 1.29 is 17.9 Å². The molecule has 0 bridgehead atoms. The fourth-order valence-corrected chi connectivity index (χ4v) is 2.90. The summed E-state index contributed by atoms with van der Waals surface area (Å²) in [6, 6.07) is 12.4. The first-order valence-corrected chi connectivity index (χ1v) is 10.1. The van der Waals surface area contributed by atoms with Crippen LogP contribution in [0.1, 0.15) is 28.4 Å². The molecule has 26 heavy (non-hydrogen) atoms. The number of hydrogen-bond acceptors (Lipinski definition) is 4. The van der Waals surface area contributed by atoms with E-state index in [1.54, 1.807) is 19.1 Å². The summed E-state index contributed by atoms with van der Waals surface area (Å²) < 4.78 is 30.9. The van der Waals surface area contributed by atoms with Gasteiger partial charge in [0.05, 0.1) is 18.0 Å². The maximum Gasteiger partial charge on any atom is 0.251 e.